The first-order valence-corrected chi connectivity index (χ1v) is 8.36. The summed E-state index contributed by atoms with van der Waals surface area (Å²) < 4.78 is 12.9. The number of rotatable bonds is 7. The van der Waals surface area contributed by atoms with Gasteiger partial charge in [-0.3, -0.25) is 4.99 Å². The van der Waals surface area contributed by atoms with Gasteiger partial charge in [0.1, 0.15) is 0 Å². The first-order valence-electron chi connectivity index (χ1n) is 8.36. The van der Waals surface area contributed by atoms with Crippen LogP contribution in [-0.2, 0) is 13.0 Å². The summed E-state index contributed by atoms with van der Waals surface area (Å²) >= 11 is 0. The van der Waals surface area contributed by atoms with E-state index in [0.29, 0.717) is 6.79 Å². The van der Waals surface area contributed by atoms with E-state index in [1.807, 2.05) is 24.3 Å². The van der Waals surface area contributed by atoms with Crippen molar-refractivity contribution in [1.82, 2.24) is 15.2 Å². The molecule has 0 spiro atoms. The van der Waals surface area contributed by atoms with Gasteiger partial charge in [0, 0.05) is 38.6 Å². The highest BCUT2D eigenvalue weighted by atomic mass is 127. The van der Waals surface area contributed by atoms with Gasteiger partial charge in [-0.25, -0.2) is 0 Å². The molecule has 7 heteroatoms. The molecule has 2 N–H and O–H groups in total. The van der Waals surface area contributed by atoms with E-state index in [2.05, 4.69) is 45.6 Å². The highest BCUT2D eigenvalue weighted by Crippen LogP contribution is 2.32. The highest BCUT2D eigenvalue weighted by molar-refractivity contribution is 14.0. The smallest absolute Gasteiger partial charge is 0.231 e. The molecule has 136 valence electrons. The summed E-state index contributed by atoms with van der Waals surface area (Å²) in [4.78, 5) is 4.63. The Balaban J connectivity index is 0.00000225. The second kappa shape index (κ2) is 10.2. The van der Waals surface area contributed by atoms with Crippen LogP contribution in [0.2, 0.25) is 0 Å². The maximum Gasteiger partial charge on any atom is 0.231 e. The molecule has 0 radical (unpaired) electrons. The molecule has 1 aromatic heterocycles. The molecule has 0 saturated heterocycles. The number of guanidine groups is 1. The summed E-state index contributed by atoms with van der Waals surface area (Å²) in [5.74, 6) is 2.50. The van der Waals surface area contributed by atoms with Crippen LogP contribution in [0.15, 0.2) is 47.7 Å². The number of hydrogen-bond acceptors (Lipinski definition) is 3. The van der Waals surface area contributed by atoms with E-state index in [9.17, 15) is 0 Å². The van der Waals surface area contributed by atoms with Crippen molar-refractivity contribution >= 4 is 29.9 Å². The van der Waals surface area contributed by atoms with E-state index < -0.39 is 0 Å². The predicted octanol–water partition coefficient (Wildman–Crippen LogP) is 2.63. The average molecular weight is 456 g/mol. The standard InChI is InChI=1S/C18H24N4O2.HI/c1-2-19-18(21-9-12-22-10-3-4-11-22)20-8-7-15-5-6-16-17(13-15)24-14-23-16;/h3-6,10-11,13H,2,7-9,12,14H2,1H3,(H2,19,20,21);1H. The van der Waals surface area contributed by atoms with E-state index in [1.165, 1.54) is 5.56 Å². The Morgan fingerprint density at radius 3 is 2.76 bits per heavy atom. The van der Waals surface area contributed by atoms with E-state index in [-0.39, 0.29) is 24.0 Å². The number of aromatic nitrogens is 1. The minimum absolute atomic E-state index is 0. The van der Waals surface area contributed by atoms with Crippen LogP contribution in [0.3, 0.4) is 0 Å². The number of nitrogens with one attached hydrogen (secondary N) is 2. The van der Waals surface area contributed by atoms with Crippen LogP contribution in [-0.4, -0.2) is 37.0 Å². The molecule has 6 nitrogen and oxygen atoms in total. The van der Waals surface area contributed by atoms with Gasteiger partial charge in [0.05, 0.1) is 0 Å². The van der Waals surface area contributed by atoms with Gasteiger partial charge in [0.25, 0.3) is 0 Å². The van der Waals surface area contributed by atoms with Crippen LogP contribution in [0, 0.1) is 0 Å². The van der Waals surface area contributed by atoms with Crippen LogP contribution in [0.4, 0.5) is 0 Å². The van der Waals surface area contributed by atoms with Crippen LogP contribution in [0.25, 0.3) is 0 Å². The quantitative estimate of drug-likeness (QED) is 0.382. The lowest BCUT2D eigenvalue weighted by Crippen LogP contribution is -2.39. The van der Waals surface area contributed by atoms with Crippen LogP contribution >= 0.6 is 24.0 Å². The maximum atomic E-state index is 5.41. The van der Waals surface area contributed by atoms with Crippen molar-refractivity contribution in [1.29, 1.82) is 0 Å². The van der Waals surface area contributed by atoms with Gasteiger partial charge < -0.3 is 24.7 Å². The average Bonchev–Trinajstić information content (AvgIpc) is 3.25. The Morgan fingerprint density at radius 2 is 1.96 bits per heavy atom. The van der Waals surface area contributed by atoms with Gasteiger partial charge in [-0.1, -0.05) is 6.07 Å². The molecular formula is C18H25IN4O2. The van der Waals surface area contributed by atoms with Crippen molar-refractivity contribution in [2.75, 3.05) is 26.4 Å². The third-order valence-corrected chi connectivity index (χ3v) is 3.78. The van der Waals surface area contributed by atoms with Crippen molar-refractivity contribution in [2.45, 2.75) is 19.9 Å². The number of fused-ring (bicyclic) bond motifs is 1. The zero-order valence-electron chi connectivity index (χ0n) is 14.4. The van der Waals surface area contributed by atoms with Crippen molar-refractivity contribution in [3.63, 3.8) is 0 Å². The minimum Gasteiger partial charge on any atom is -0.454 e. The van der Waals surface area contributed by atoms with Gasteiger partial charge in [0.15, 0.2) is 17.5 Å². The van der Waals surface area contributed by atoms with Gasteiger partial charge in [0.2, 0.25) is 6.79 Å². The second-order valence-electron chi connectivity index (χ2n) is 5.55. The Kier molecular flexibility index (Phi) is 7.90. The van der Waals surface area contributed by atoms with Crippen molar-refractivity contribution in [3.8, 4) is 11.5 Å². The molecule has 3 rings (SSSR count). The SMILES string of the molecule is CCNC(=NCCc1ccc2c(c1)OCO2)NCCn1cccc1.I. The molecule has 2 aromatic rings. The summed E-state index contributed by atoms with van der Waals surface area (Å²) in [6.07, 6.45) is 4.99. The van der Waals surface area contributed by atoms with Gasteiger partial charge >= 0.3 is 0 Å². The van der Waals surface area contributed by atoms with E-state index in [0.717, 1.165) is 50.1 Å². The molecular weight excluding hydrogens is 431 g/mol. The highest BCUT2D eigenvalue weighted by Gasteiger charge is 2.12. The molecule has 0 fully saturated rings. The van der Waals surface area contributed by atoms with Gasteiger partial charge in [-0.15, -0.1) is 24.0 Å². The lowest BCUT2D eigenvalue weighted by Gasteiger charge is -2.11. The molecule has 1 aliphatic rings. The third-order valence-electron chi connectivity index (χ3n) is 3.78. The molecule has 0 atom stereocenters. The lowest BCUT2D eigenvalue weighted by atomic mass is 10.1. The number of aliphatic imine (C=N–C) groups is 1. The molecule has 1 aromatic carbocycles. The Morgan fingerprint density at radius 1 is 1.16 bits per heavy atom. The van der Waals surface area contributed by atoms with Crippen LogP contribution in [0.5, 0.6) is 11.5 Å². The van der Waals surface area contributed by atoms with Crippen molar-refractivity contribution in [2.24, 2.45) is 4.99 Å². The molecule has 0 aliphatic carbocycles. The fourth-order valence-electron chi connectivity index (χ4n) is 2.56. The summed E-state index contributed by atoms with van der Waals surface area (Å²) in [6.45, 7) is 5.70. The number of hydrogen-bond donors (Lipinski definition) is 2. The molecule has 2 heterocycles. The van der Waals surface area contributed by atoms with E-state index >= 15 is 0 Å². The first-order chi connectivity index (χ1) is 11.8. The maximum absolute atomic E-state index is 5.41. The van der Waals surface area contributed by atoms with Crippen LogP contribution < -0.4 is 20.1 Å². The normalized spacial score (nSPS) is 12.6. The zero-order chi connectivity index (χ0) is 16.6. The fraction of sp³-hybridized carbons (Fsp3) is 0.389. The van der Waals surface area contributed by atoms with Crippen molar-refractivity contribution in [3.05, 3.63) is 48.3 Å². The fourth-order valence-corrected chi connectivity index (χ4v) is 2.56. The first kappa shape index (κ1) is 19.4. The number of ether oxygens (including phenoxy) is 2. The Labute approximate surface area is 165 Å². The molecule has 0 bridgehead atoms. The molecule has 0 saturated carbocycles. The molecule has 25 heavy (non-hydrogen) atoms. The van der Waals surface area contributed by atoms with Gasteiger partial charge in [-0.2, -0.15) is 0 Å². The molecule has 0 unspecified atom stereocenters. The summed E-state index contributed by atoms with van der Waals surface area (Å²) in [5.41, 5.74) is 1.20. The summed E-state index contributed by atoms with van der Waals surface area (Å²) in [7, 11) is 0. The molecule has 1 aliphatic heterocycles. The van der Waals surface area contributed by atoms with E-state index in [4.69, 9.17) is 9.47 Å². The zero-order valence-corrected chi connectivity index (χ0v) is 16.7. The van der Waals surface area contributed by atoms with Gasteiger partial charge in [-0.05, 0) is 43.2 Å². The Bertz CT molecular complexity index is 674. The number of halogens is 1. The number of benzene rings is 1. The largest absolute Gasteiger partial charge is 0.454 e. The Hall–Kier alpha value is -1.90. The summed E-state index contributed by atoms with van der Waals surface area (Å²) in [6, 6.07) is 10.1. The van der Waals surface area contributed by atoms with Crippen LogP contribution in [0.1, 0.15) is 12.5 Å². The minimum atomic E-state index is 0. The van der Waals surface area contributed by atoms with Crippen molar-refractivity contribution < 1.29 is 9.47 Å². The second-order valence-corrected chi connectivity index (χ2v) is 5.55. The summed E-state index contributed by atoms with van der Waals surface area (Å²) in [5, 5.41) is 6.64. The predicted molar refractivity (Wildman–Crippen MR) is 110 cm³/mol. The topological polar surface area (TPSA) is 59.8 Å². The monoisotopic (exact) mass is 456 g/mol. The van der Waals surface area contributed by atoms with E-state index in [1.54, 1.807) is 0 Å². The number of nitrogens with zero attached hydrogens (tertiary/aromatic N) is 2. The lowest BCUT2D eigenvalue weighted by molar-refractivity contribution is 0.174. The molecule has 0 amide bonds. The third kappa shape index (κ3) is 5.84.